The van der Waals surface area contributed by atoms with Crippen LogP contribution in [0, 0.1) is 0 Å². The van der Waals surface area contributed by atoms with Gasteiger partial charge < -0.3 is 28.5 Å². The molecule has 0 aliphatic heterocycles. The number of amides is 1. The molecule has 0 aromatic carbocycles. The Kier molecular flexibility index (Phi) is 58.1. The summed E-state index contributed by atoms with van der Waals surface area (Å²) in [5.41, 5.74) is 0. The van der Waals surface area contributed by atoms with Crippen LogP contribution in [0.15, 0.2) is 60.8 Å². The van der Waals surface area contributed by atoms with Gasteiger partial charge in [0.15, 0.2) is 0 Å². The smallest absolute Gasteiger partial charge is 0.306 e. The largest absolute Gasteiger partial charge is 0.756 e. The maximum absolute atomic E-state index is 13.6. The molecule has 3 atom stereocenters. The van der Waals surface area contributed by atoms with Gasteiger partial charge in [0.1, 0.15) is 19.3 Å². The summed E-state index contributed by atoms with van der Waals surface area (Å²) in [6, 6.07) is -0.894. The van der Waals surface area contributed by atoms with Gasteiger partial charge >= 0.3 is 5.97 Å². The van der Waals surface area contributed by atoms with E-state index in [2.05, 4.69) is 74.7 Å². The van der Waals surface area contributed by atoms with E-state index < -0.39 is 26.6 Å². The van der Waals surface area contributed by atoms with Crippen LogP contribution >= 0.6 is 7.82 Å². The maximum atomic E-state index is 13.6. The van der Waals surface area contributed by atoms with Crippen molar-refractivity contribution < 1.29 is 37.3 Å². The minimum absolute atomic E-state index is 0.0245. The average molecular weight is 1140 g/mol. The summed E-state index contributed by atoms with van der Waals surface area (Å²) in [5, 5.41) is 3.04. The van der Waals surface area contributed by atoms with E-state index >= 15 is 0 Å². The summed E-state index contributed by atoms with van der Waals surface area (Å²) < 4.78 is 30.4. The fourth-order valence-electron chi connectivity index (χ4n) is 9.92. The minimum Gasteiger partial charge on any atom is -0.756 e. The number of phosphoric acid groups is 1. The SMILES string of the molecule is CCCCC/C=C\C/C=C\C/C=C\C/C=C\CCCCCCCCCC(=O)NC(COP(=O)([O-])OCC[N+](C)(C)C)C(/C=C/CCCCCCCCCCCC)OC(=O)CCCCCCCCCCCCCCCCCCCCC. The molecule has 1 N–H and O–H groups in total. The molecule has 0 bridgehead atoms. The van der Waals surface area contributed by atoms with E-state index in [0.29, 0.717) is 17.4 Å². The van der Waals surface area contributed by atoms with Crippen molar-refractivity contribution in [1.82, 2.24) is 5.32 Å². The molecule has 0 radical (unpaired) electrons. The molecule has 0 aromatic heterocycles. The third kappa shape index (κ3) is 60.3. The second-order valence-corrected chi connectivity index (χ2v) is 25.7. The first-order chi connectivity index (χ1) is 38.9. The van der Waals surface area contributed by atoms with Gasteiger partial charge in [-0.15, -0.1) is 0 Å². The molecule has 0 spiro atoms. The number of quaternary nitrogens is 1. The van der Waals surface area contributed by atoms with Crippen LogP contribution in [0.1, 0.15) is 323 Å². The molecule has 0 fully saturated rings. The van der Waals surface area contributed by atoms with Gasteiger partial charge in [0, 0.05) is 12.8 Å². The normalized spacial score (nSPS) is 13.9. The molecule has 0 heterocycles. The van der Waals surface area contributed by atoms with Crippen molar-refractivity contribution >= 4 is 19.7 Å². The summed E-state index contributed by atoms with van der Waals surface area (Å²) in [7, 11) is 1.18. The zero-order chi connectivity index (χ0) is 58.6. The molecule has 0 rings (SSSR count). The Hall–Kier alpha value is -2.29. The van der Waals surface area contributed by atoms with Gasteiger partial charge in [0.2, 0.25) is 5.91 Å². The molecule has 10 heteroatoms. The summed E-state index contributed by atoms with van der Waals surface area (Å²) in [5.74, 6) is -0.541. The lowest BCUT2D eigenvalue weighted by Gasteiger charge is -2.30. The lowest BCUT2D eigenvalue weighted by molar-refractivity contribution is -0.870. The van der Waals surface area contributed by atoms with Gasteiger partial charge in [-0.25, -0.2) is 0 Å². The van der Waals surface area contributed by atoms with E-state index in [1.54, 1.807) is 0 Å². The van der Waals surface area contributed by atoms with Crippen LogP contribution in [0.25, 0.3) is 0 Å². The molecule has 3 unspecified atom stereocenters. The Morgan fingerprint density at radius 3 is 1.16 bits per heavy atom. The van der Waals surface area contributed by atoms with Gasteiger partial charge in [-0.3, -0.25) is 14.2 Å². The van der Waals surface area contributed by atoms with E-state index in [1.807, 2.05) is 33.3 Å². The van der Waals surface area contributed by atoms with Crippen LogP contribution in [0.2, 0.25) is 0 Å². The molecule has 468 valence electrons. The highest BCUT2D eigenvalue weighted by molar-refractivity contribution is 7.45. The van der Waals surface area contributed by atoms with E-state index in [9.17, 15) is 19.0 Å². The van der Waals surface area contributed by atoms with E-state index in [-0.39, 0.29) is 24.9 Å². The zero-order valence-corrected chi connectivity index (χ0v) is 54.4. The number of rotatable bonds is 62. The second kappa shape index (κ2) is 59.9. The first-order valence-corrected chi connectivity index (χ1v) is 35.6. The standard InChI is InChI=1S/C70H131N2O7P/c1-7-10-13-16-19-22-25-28-30-32-34-35-36-37-39-40-42-44-47-50-53-56-59-62-69(73)71-67(66-78-80(75,76)77-65-64-72(4,5)6)68(61-58-55-52-49-46-27-24-21-18-15-12-9-3)79-70(74)63-60-57-54-51-48-45-43-41-38-33-31-29-26-23-20-17-14-11-8-2/h19,22,28,30,34-35,37,39,58,61,67-68H,7-18,20-21,23-27,29,31-33,36,38,40-57,59-60,62-66H2,1-6H3,(H-,71,73,75,76)/b22-19-,30-28-,35-34-,39-37-,61-58+. The molecule has 0 saturated carbocycles. The number of allylic oxidation sites excluding steroid dienone is 9. The first-order valence-electron chi connectivity index (χ1n) is 34.1. The highest BCUT2D eigenvalue weighted by Crippen LogP contribution is 2.38. The van der Waals surface area contributed by atoms with Crippen LogP contribution < -0.4 is 10.2 Å². The zero-order valence-electron chi connectivity index (χ0n) is 53.5. The van der Waals surface area contributed by atoms with Crippen molar-refractivity contribution in [2.45, 2.75) is 335 Å². The Morgan fingerprint density at radius 2 is 0.762 bits per heavy atom. The first kappa shape index (κ1) is 77.7. The van der Waals surface area contributed by atoms with Crippen LogP contribution in [0.5, 0.6) is 0 Å². The third-order valence-corrected chi connectivity index (χ3v) is 16.2. The molecular formula is C70H131N2O7P. The fraction of sp³-hybridized carbons (Fsp3) is 0.829. The van der Waals surface area contributed by atoms with Crippen LogP contribution in [0.3, 0.4) is 0 Å². The molecule has 80 heavy (non-hydrogen) atoms. The Balaban J connectivity index is 5.15. The van der Waals surface area contributed by atoms with Crippen LogP contribution in [-0.4, -0.2) is 69.4 Å². The van der Waals surface area contributed by atoms with E-state index in [1.165, 1.54) is 199 Å². The van der Waals surface area contributed by atoms with Crippen molar-refractivity contribution in [2.24, 2.45) is 0 Å². The Labute approximate surface area is 496 Å². The number of likely N-dealkylation sites (N-methyl/N-ethyl adjacent to an activating group) is 1. The summed E-state index contributed by atoms with van der Waals surface area (Å²) in [4.78, 5) is 40.1. The molecule has 0 aromatic rings. The number of carbonyl (C=O) groups is 2. The quantitative estimate of drug-likeness (QED) is 0.0212. The average Bonchev–Trinajstić information content (AvgIpc) is 3.42. The summed E-state index contributed by atoms with van der Waals surface area (Å²) >= 11 is 0. The van der Waals surface area contributed by atoms with Crippen LogP contribution in [0.4, 0.5) is 0 Å². The number of phosphoric ester groups is 1. The highest BCUT2D eigenvalue weighted by Gasteiger charge is 2.27. The number of ether oxygens (including phenoxy) is 1. The number of unbranched alkanes of at least 4 members (excludes halogenated alkanes) is 38. The fourth-order valence-corrected chi connectivity index (χ4v) is 10.6. The lowest BCUT2D eigenvalue weighted by Crippen LogP contribution is -2.47. The third-order valence-electron chi connectivity index (χ3n) is 15.2. The van der Waals surface area contributed by atoms with Gasteiger partial charge in [-0.1, -0.05) is 294 Å². The monoisotopic (exact) mass is 1140 g/mol. The predicted molar refractivity (Wildman–Crippen MR) is 344 cm³/mol. The number of carbonyl (C=O) groups excluding carboxylic acids is 2. The summed E-state index contributed by atoms with van der Waals surface area (Å²) in [6.45, 7) is 6.84. The van der Waals surface area contributed by atoms with Crippen molar-refractivity contribution in [3.8, 4) is 0 Å². The van der Waals surface area contributed by atoms with Crippen molar-refractivity contribution in [2.75, 3.05) is 40.9 Å². The maximum Gasteiger partial charge on any atom is 0.306 e. The van der Waals surface area contributed by atoms with Gasteiger partial charge in [-0.2, -0.15) is 0 Å². The number of nitrogens with one attached hydrogen (secondary N) is 1. The Morgan fingerprint density at radius 1 is 0.438 bits per heavy atom. The number of hydrogen-bond acceptors (Lipinski definition) is 7. The van der Waals surface area contributed by atoms with Crippen molar-refractivity contribution in [1.29, 1.82) is 0 Å². The van der Waals surface area contributed by atoms with Gasteiger partial charge in [0.25, 0.3) is 7.82 Å². The predicted octanol–water partition coefficient (Wildman–Crippen LogP) is 20.8. The number of hydrogen-bond donors (Lipinski definition) is 1. The second-order valence-electron chi connectivity index (χ2n) is 24.3. The molecule has 0 aliphatic carbocycles. The topological polar surface area (TPSA) is 114 Å². The van der Waals surface area contributed by atoms with Gasteiger partial charge in [0.05, 0.1) is 33.8 Å². The molecule has 0 saturated heterocycles. The number of nitrogens with zero attached hydrogens (tertiary/aromatic N) is 1. The highest BCUT2D eigenvalue weighted by atomic mass is 31.2. The molecular weight excluding hydrogens is 1010 g/mol. The molecule has 1 amide bonds. The molecule has 9 nitrogen and oxygen atoms in total. The van der Waals surface area contributed by atoms with Gasteiger partial charge in [-0.05, 0) is 76.7 Å². The van der Waals surface area contributed by atoms with Crippen LogP contribution in [-0.2, 0) is 27.9 Å². The van der Waals surface area contributed by atoms with Crippen molar-refractivity contribution in [3.63, 3.8) is 0 Å². The lowest BCUT2D eigenvalue weighted by atomic mass is 10.0. The van der Waals surface area contributed by atoms with Crippen molar-refractivity contribution in [3.05, 3.63) is 60.8 Å². The molecule has 0 aliphatic rings. The Bertz CT molecular complexity index is 1550. The summed E-state index contributed by atoms with van der Waals surface area (Å²) in [6.07, 6.45) is 76.2. The minimum atomic E-state index is -4.70. The van der Waals surface area contributed by atoms with E-state index in [0.717, 1.165) is 89.9 Å². The van der Waals surface area contributed by atoms with E-state index in [4.69, 9.17) is 13.8 Å². The number of esters is 1.